The van der Waals surface area contributed by atoms with Crippen molar-refractivity contribution >= 4 is 33.3 Å². The number of rotatable bonds is 5. The molecule has 0 unspecified atom stereocenters. The molecular formula is C21H24N4O4S. The summed E-state index contributed by atoms with van der Waals surface area (Å²) in [5.41, 5.74) is 2.32. The summed E-state index contributed by atoms with van der Waals surface area (Å²) in [6.45, 7) is 2.83. The number of pyridine rings is 1. The molecule has 1 aromatic heterocycles. The van der Waals surface area contributed by atoms with E-state index in [0.717, 1.165) is 24.0 Å². The van der Waals surface area contributed by atoms with Gasteiger partial charge in [0.25, 0.3) is 0 Å². The Labute approximate surface area is 175 Å². The van der Waals surface area contributed by atoms with Crippen molar-refractivity contribution in [1.29, 1.82) is 0 Å². The number of aryl methyl sites for hydroxylation is 2. The molecule has 3 heterocycles. The van der Waals surface area contributed by atoms with Gasteiger partial charge in [0.15, 0.2) is 0 Å². The van der Waals surface area contributed by atoms with Crippen LogP contribution in [-0.2, 0) is 26.0 Å². The molecule has 8 nitrogen and oxygen atoms in total. The third-order valence-electron chi connectivity index (χ3n) is 5.43. The Kier molecular flexibility index (Phi) is 5.57. The van der Waals surface area contributed by atoms with Gasteiger partial charge in [-0.3, -0.25) is 9.59 Å². The van der Waals surface area contributed by atoms with Gasteiger partial charge in [-0.25, -0.2) is 13.4 Å². The Hall–Kier alpha value is -2.78. The number of sulfonamides is 1. The smallest absolute Gasteiger partial charge is 0.245 e. The van der Waals surface area contributed by atoms with Crippen LogP contribution in [0.15, 0.2) is 41.4 Å². The largest absolute Gasteiger partial charge is 0.309 e. The number of carbonyl (C=O) groups is 2. The third-order valence-corrected chi connectivity index (χ3v) is 7.33. The number of carbonyl (C=O) groups excluding carboxylic acids is 2. The van der Waals surface area contributed by atoms with Crippen molar-refractivity contribution in [2.75, 3.05) is 29.9 Å². The van der Waals surface area contributed by atoms with Crippen LogP contribution in [-0.4, -0.2) is 49.2 Å². The molecule has 30 heavy (non-hydrogen) atoms. The zero-order valence-corrected chi connectivity index (χ0v) is 17.6. The highest BCUT2D eigenvalue weighted by atomic mass is 32.2. The zero-order chi connectivity index (χ0) is 21.3. The van der Waals surface area contributed by atoms with Crippen LogP contribution >= 0.6 is 0 Å². The van der Waals surface area contributed by atoms with E-state index in [1.54, 1.807) is 24.4 Å². The maximum absolute atomic E-state index is 12.8. The van der Waals surface area contributed by atoms with Gasteiger partial charge in [0, 0.05) is 31.4 Å². The Morgan fingerprint density at radius 1 is 1.13 bits per heavy atom. The summed E-state index contributed by atoms with van der Waals surface area (Å²) in [7, 11) is -3.53. The van der Waals surface area contributed by atoms with Crippen LogP contribution in [0.4, 0.5) is 11.5 Å². The summed E-state index contributed by atoms with van der Waals surface area (Å²) in [5, 5.41) is 2.69. The molecule has 2 aromatic rings. The van der Waals surface area contributed by atoms with Gasteiger partial charge >= 0.3 is 0 Å². The predicted octanol–water partition coefficient (Wildman–Crippen LogP) is 2.09. The SMILES string of the molecule is Cc1ccc(NC(=O)CN2C(=O)CCc3cc(S(=O)(=O)N4CCCC4)ccc32)nc1. The Morgan fingerprint density at radius 3 is 2.60 bits per heavy atom. The van der Waals surface area contributed by atoms with Gasteiger partial charge in [0.1, 0.15) is 12.4 Å². The number of nitrogens with zero attached hydrogens (tertiary/aromatic N) is 3. The van der Waals surface area contributed by atoms with Crippen molar-refractivity contribution in [3.63, 3.8) is 0 Å². The topological polar surface area (TPSA) is 99.7 Å². The van der Waals surface area contributed by atoms with Crippen LogP contribution in [0.3, 0.4) is 0 Å². The molecule has 2 amide bonds. The monoisotopic (exact) mass is 428 g/mol. The van der Waals surface area contributed by atoms with E-state index in [1.165, 1.54) is 15.3 Å². The molecule has 0 radical (unpaired) electrons. The minimum absolute atomic E-state index is 0.153. The Balaban J connectivity index is 1.54. The fourth-order valence-corrected chi connectivity index (χ4v) is 5.38. The second kappa shape index (κ2) is 8.16. The number of hydrogen-bond donors (Lipinski definition) is 1. The van der Waals surface area contributed by atoms with E-state index < -0.39 is 10.0 Å². The van der Waals surface area contributed by atoms with E-state index in [9.17, 15) is 18.0 Å². The molecule has 2 aliphatic heterocycles. The Morgan fingerprint density at radius 2 is 1.90 bits per heavy atom. The fourth-order valence-electron chi connectivity index (χ4n) is 3.82. The second-order valence-corrected chi connectivity index (χ2v) is 9.59. The first-order valence-electron chi connectivity index (χ1n) is 10.0. The first-order valence-corrected chi connectivity index (χ1v) is 11.4. The molecule has 9 heteroatoms. The van der Waals surface area contributed by atoms with E-state index in [-0.39, 0.29) is 29.7 Å². The van der Waals surface area contributed by atoms with Crippen molar-refractivity contribution in [2.24, 2.45) is 0 Å². The van der Waals surface area contributed by atoms with Gasteiger partial charge in [-0.15, -0.1) is 0 Å². The minimum Gasteiger partial charge on any atom is -0.309 e. The summed E-state index contributed by atoms with van der Waals surface area (Å²) >= 11 is 0. The minimum atomic E-state index is -3.53. The molecular weight excluding hydrogens is 404 g/mol. The first-order chi connectivity index (χ1) is 14.3. The van der Waals surface area contributed by atoms with Gasteiger partial charge in [-0.05, 0) is 61.6 Å². The van der Waals surface area contributed by atoms with Crippen LogP contribution in [0.5, 0.6) is 0 Å². The van der Waals surface area contributed by atoms with E-state index in [1.807, 2.05) is 13.0 Å². The van der Waals surface area contributed by atoms with E-state index >= 15 is 0 Å². The molecule has 158 valence electrons. The van der Waals surface area contributed by atoms with Gasteiger partial charge in [-0.2, -0.15) is 4.31 Å². The van der Waals surface area contributed by atoms with E-state index in [4.69, 9.17) is 0 Å². The molecule has 1 N–H and O–H groups in total. The second-order valence-electron chi connectivity index (χ2n) is 7.65. The molecule has 1 fully saturated rings. The van der Waals surface area contributed by atoms with Gasteiger partial charge in [-0.1, -0.05) is 6.07 Å². The molecule has 0 spiro atoms. The molecule has 0 aliphatic carbocycles. The van der Waals surface area contributed by atoms with Gasteiger partial charge in [0.05, 0.1) is 4.90 Å². The standard InChI is InChI=1S/C21H24N4O4S/c1-15-4-8-19(22-13-15)23-20(26)14-25-18-7-6-17(12-16(18)5-9-21(25)27)30(28,29)24-10-2-3-11-24/h4,6-8,12-13H,2-3,5,9-11,14H2,1H3,(H,22,23,26). The Bertz CT molecular complexity index is 1080. The number of aromatic nitrogens is 1. The molecule has 1 saturated heterocycles. The summed E-state index contributed by atoms with van der Waals surface area (Å²) in [4.78, 5) is 30.8. The summed E-state index contributed by atoms with van der Waals surface area (Å²) in [6.07, 6.45) is 4.08. The molecule has 0 atom stereocenters. The molecule has 0 saturated carbocycles. The number of amides is 2. The summed E-state index contributed by atoms with van der Waals surface area (Å²) in [5.74, 6) is -0.103. The van der Waals surface area contributed by atoms with Gasteiger partial charge in [0.2, 0.25) is 21.8 Å². The number of anilines is 2. The van der Waals surface area contributed by atoms with Crippen LogP contribution < -0.4 is 10.2 Å². The zero-order valence-electron chi connectivity index (χ0n) is 16.8. The lowest BCUT2D eigenvalue weighted by atomic mass is 10.0. The fraction of sp³-hybridized carbons (Fsp3) is 0.381. The lowest BCUT2D eigenvalue weighted by Gasteiger charge is -2.29. The van der Waals surface area contributed by atoms with Crippen molar-refractivity contribution in [3.8, 4) is 0 Å². The van der Waals surface area contributed by atoms with Crippen molar-refractivity contribution in [1.82, 2.24) is 9.29 Å². The number of hydrogen-bond acceptors (Lipinski definition) is 5. The number of benzene rings is 1. The van der Waals surface area contributed by atoms with Crippen LogP contribution in [0.2, 0.25) is 0 Å². The van der Waals surface area contributed by atoms with Crippen LogP contribution in [0, 0.1) is 6.92 Å². The highest BCUT2D eigenvalue weighted by Gasteiger charge is 2.31. The molecule has 1 aromatic carbocycles. The highest BCUT2D eigenvalue weighted by molar-refractivity contribution is 7.89. The van der Waals surface area contributed by atoms with Gasteiger partial charge < -0.3 is 10.2 Å². The van der Waals surface area contributed by atoms with E-state index in [0.29, 0.717) is 31.0 Å². The first kappa shape index (κ1) is 20.5. The molecule has 4 rings (SSSR count). The highest BCUT2D eigenvalue weighted by Crippen LogP contribution is 2.31. The summed E-state index contributed by atoms with van der Waals surface area (Å²) in [6, 6.07) is 8.34. The summed E-state index contributed by atoms with van der Waals surface area (Å²) < 4.78 is 27.2. The van der Waals surface area contributed by atoms with Crippen LogP contribution in [0.1, 0.15) is 30.4 Å². The number of fused-ring (bicyclic) bond motifs is 1. The maximum Gasteiger partial charge on any atom is 0.245 e. The van der Waals surface area contributed by atoms with Crippen molar-refractivity contribution < 1.29 is 18.0 Å². The average molecular weight is 429 g/mol. The molecule has 2 aliphatic rings. The lowest BCUT2D eigenvalue weighted by Crippen LogP contribution is -2.41. The number of nitrogens with one attached hydrogen (secondary N) is 1. The predicted molar refractivity (Wildman–Crippen MR) is 113 cm³/mol. The van der Waals surface area contributed by atoms with Crippen molar-refractivity contribution in [2.45, 2.75) is 37.5 Å². The van der Waals surface area contributed by atoms with Crippen molar-refractivity contribution in [3.05, 3.63) is 47.7 Å². The molecule has 0 bridgehead atoms. The average Bonchev–Trinajstić information content (AvgIpc) is 3.27. The van der Waals surface area contributed by atoms with E-state index in [2.05, 4.69) is 10.3 Å². The maximum atomic E-state index is 12.8. The quantitative estimate of drug-likeness (QED) is 0.786. The lowest BCUT2D eigenvalue weighted by molar-refractivity contribution is -0.121. The van der Waals surface area contributed by atoms with Crippen LogP contribution in [0.25, 0.3) is 0 Å². The normalized spacial score (nSPS) is 17.1. The third kappa shape index (κ3) is 4.08.